The Hall–Kier alpha value is -7.22. The molecule has 0 aliphatic heterocycles. The topological polar surface area (TPSA) is 77.3 Å². The summed E-state index contributed by atoms with van der Waals surface area (Å²) in [6, 6.07) is 61.7. The SMILES string of the molecule is c1ccc(-c2cccc(-c3nc(-c4ccccc4)nc(-c4cccc5c4sc4cccc(-c6nc(-c7ccccc7)nc(-c7ccccc7)n6)c45)n3)c2)cc1. The van der Waals surface area contributed by atoms with Crippen LogP contribution in [-0.4, -0.2) is 29.9 Å². The van der Waals surface area contributed by atoms with Crippen LogP contribution in [0.4, 0.5) is 0 Å². The molecule has 55 heavy (non-hydrogen) atoms. The van der Waals surface area contributed by atoms with Crippen molar-refractivity contribution in [2.75, 3.05) is 0 Å². The summed E-state index contributed by atoms with van der Waals surface area (Å²) in [6.45, 7) is 0. The average Bonchev–Trinajstić information content (AvgIpc) is 3.67. The van der Waals surface area contributed by atoms with Gasteiger partial charge < -0.3 is 0 Å². The Bertz CT molecular complexity index is 2910. The minimum atomic E-state index is 0.616. The van der Waals surface area contributed by atoms with Gasteiger partial charge in [-0.1, -0.05) is 164 Å². The Labute approximate surface area is 321 Å². The van der Waals surface area contributed by atoms with Crippen LogP contribution in [0.2, 0.25) is 0 Å². The fourth-order valence-electron chi connectivity index (χ4n) is 6.95. The van der Waals surface area contributed by atoms with E-state index in [4.69, 9.17) is 29.9 Å². The Balaban J connectivity index is 1.16. The summed E-state index contributed by atoms with van der Waals surface area (Å²) in [5.41, 5.74) is 7.83. The highest BCUT2D eigenvalue weighted by atomic mass is 32.1. The van der Waals surface area contributed by atoms with Crippen LogP contribution in [0.3, 0.4) is 0 Å². The minimum Gasteiger partial charge on any atom is -0.208 e. The molecular formula is C48H30N6S. The first-order valence-electron chi connectivity index (χ1n) is 18.0. The smallest absolute Gasteiger partial charge is 0.165 e. The molecule has 0 saturated heterocycles. The van der Waals surface area contributed by atoms with E-state index in [0.29, 0.717) is 34.9 Å². The first-order chi connectivity index (χ1) is 27.2. The molecule has 0 spiro atoms. The van der Waals surface area contributed by atoms with Crippen LogP contribution < -0.4 is 0 Å². The molecule has 10 aromatic rings. The van der Waals surface area contributed by atoms with Crippen LogP contribution in [0, 0.1) is 0 Å². The molecule has 0 aliphatic rings. The second kappa shape index (κ2) is 14.0. The van der Waals surface area contributed by atoms with Crippen LogP contribution >= 0.6 is 11.3 Å². The largest absolute Gasteiger partial charge is 0.208 e. The lowest BCUT2D eigenvalue weighted by atomic mass is 10.0. The van der Waals surface area contributed by atoms with E-state index in [1.807, 2.05) is 97.1 Å². The molecule has 258 valence electrons. The normalized spacial score (nSPS) is 11.3. The quantitative estimate of drug-likeness (QED) is 0.163. The molecule has 0 atom stereocenters. The third-order valence-corrected chi connectivity index (χ3v) is 10.8. The molecule has 0 unspecified atom stereocenters. The number of aromatic nitrogens is 6. The van der Waals surface area contributed by atoms with Crippen molar-refractivity contribution >= 4 is 31.5 Å². The van der Waals surface area contributed by atoms with Gasteiger partial charge in [0.2, 0.25) is 0 Å². The van der Waals surface area contributed by atoms with Gasteiger partial charge in [-0.15, -0.1) is 11.3 Å². The van der Waals surface area contributed by atoms with Crippen LogP contribution in [0.25, 0.3) is 99.6 Å². The molecule has 3 aromatic heterocycles. The second-order valence-corrected chi connectivity index (χ2v) is 14.2. The van der Waals surface area contributed by atoms with Gasteiger partial charge in [-0.05, 0) is 29.3 Å². The van der Waals surface area contributed by atoms with E-state index in [9.17, 15) is 0 Å². The molecule has 7 aromatic carbocycles. The van der Waals surface area contributed by atoms with Crippen molar-refractivity contribution in [1.82, 2.24) is 29.9 Å². The molecular weight excluding hydrogens is 693 g/mol. The van der Waals surface area contributed by atoms with Crippen molar-refractivity contribution in [2.24, 2.45) is 0 Å². The van der Waals surface area contributed by atoms with Gasteiger partial charge in [0, 0.05) is 53.6 Å². The summed E-state index contributed by atoms with van der Waals surface area (Å²) in [4.78, 5) is 30.4. The van der Waals surface area contributed by atoms with E-state index in [0.717, 1.165) is 64.7 Å². The molecule has 0 radical (unpaired) electrons. The number of nitrogens with zero attached hydrogens (tertiary/aromatic N) is 6. The highest BCUT2D eigenvalue weighted by molar-refractivity contribution is 7.26. The van der Waals surface area contributed by atoms with Gasteiger partial charge in [0.15, 0.2) is 34.9 Å². The summed E-state index contributed by atoms with van der Waals surface area (Å²) in [6.07, 6.45) is 0. The fraction of sp³-hybridized carbons (Fsp3) is 0. The van der Waals surface area contributed by atoms with E-state index in [1.54, 1.807) is 11.3 Å². The Morgan fingerprint density at radius 2 is 0.691 bits per heavy atom. The summed E-state index contributed by atoms with van der Waals surface area (Å²) in [7, 11) is 0. The van der Waals surface area contributed by atoms with Crippen molar-refractivity contribution < 1.29 is 0 Å². The molecule has 6 nitrogen and oxygen atoms in total. The second-order valence-electron chi connectivity index (χ2n) is 13.1. The highest BCUT2D eigenvalue weighted by Crippen LogP contribution is 2.43. The zero-order valence-corrected chi connectivity index (χ0v) is 30.2. The molecule has 0 aliphatic carbocycles. The summed E-state index contributed by atoms with van der Waals surface area (Å²) in [5.74, 6) is 3.73. The molecule has 0 N–H and O–H groups in total. The third kappa shape index (κ3) is 6.22. The first-order valence-corrected chi connectivity index (χ1v) is 18.9. The maximum atomic E-state index is 5.18. The highest BCUT2D eigenvalue weighted by Gasteiger charge is 2.20. The van der Waals surface area contributed by atoms with Crippen molar-refractivity contribution in [3.8, 4) is 79.5 Å². The Morgan fingerprint density at radius 3 is 1.25 bits per heavy atom. The van der Waals surface area contributed by atoms with Gasteiger partial charge in [-0.25, -0.2) is 29.9 Å². The van der Waals surface area contributed by atoms with Crippen molar-refractivity contribution in [3.05, 3.63) is 182 Å². The van der Waals surface area contributed by atoms with Gasteiger partial charge >= 0.3 is 0 Å². The minimum absolute atomic E-state index is 0.616. The standard InChI is InChI=1S/C48H30N6S/c1-5-16-31(17-6-1)35-24-13-25-36(30-35)46-50-45(34-22-11-4-12-23-34)53-48(54-46)39-28-14-26-37-41-38(27-15-29-40(41)55-42(37)39)47-51-43(32-18-7-2-8-19-32)49-44(52-47)33-20-9-3-10-21-33/h1-30H. The predicted molar refractivity (Wildman–Crippen MR) is 224 cm³/mol. The zero-order chi connectivity index (χ0) is 36.6. The predicted octanol–water partition coefficient (Wildman–Crippen LogP) is 12.1. The van der Waals surface area contributed by atoms with Gasteiger partial charge in [-0.2, -0.15) is 0 Å². The number of hydrogen-bond acceptors (Lipinski definition) is 7. The van der Waals surface area contributed by atoms with Crippen LogP contribution in [-0.2, 0) is 0 Å². The molecule has 3 heterocycles. The Kier molecular flexibility index (Phi) is 8.24. The van der Waals surface area contributed by atoms with Crippen LogP contribution in [0.1, 0.15) is 0 Å². The molecule has 0 bridgehead atoms. The average molecular weight is 723 g/mol. The van der Waals surface area contributed by atoms with Gasteiger partial charge in [-0.3, -0.25) is 0 Å². The van der Waals surface area contributed by atoms with Crippen molar-refractivity contribution in [3.63, 3.8) is 0 Å². The number of hydrogen-bond donors (Lipinski definition) is 0. The molecule has 7 heteroatoms. The lowest BCUT2D eigenvalue weighted by Crippen LogP contribution is -2.00. The summed E-state index contributed by atoms with van der Waals surface area (Å²) >= 11 is 1.72. The van der Waals surface area contributed by atoms with E-state index in [-0.39, 0.29) is 0 Å². The van der Waals surface area contributed by atoms with E-state index >= 15 is 0 Å². The lowest BCUT2D eigenvalue weighted by Gasteiger charge is -2.10. The fourth-order valence-corrected chi connectivity index (χ4v) is 8.19. The molecule has 0 fully saturated rings. The van der Waals surface area contributed by atoms with E-state index < -0.39 is 0 Å². The summed E-state index contributed by atoms with van der Waals surface area (Å²) < 4.78 is 2.20. The van der Waals surface area contributed by atoms with Crippen molar-refractivity contribution in [2.45, 2.75) is 0 Å². The van der Waals surface area contributed by atoms with Gasteiger partial charge in [0.1, 0.15) is 0 Å². The van der Waals surface area contributed by atoms with Crippen molar-refractivity contribution in [1.29, 1.82) is 0 Å². The van der Waals surface area contributed by atoms with Crippen LogP contribution in [0.15, 0.2) is 182 Å². The molecule has 10 rings (SSSR count). The van der Waals surface area contributed by atoms with E-state index in [2.05, 4.69) is 84.9 Å². The van der Waals surface area contributed by atoms with Gasteiger partial charge in [0.05, 0.1) is 0 Å². The maximum absolute atomic E-state index is 5.18. The molecule has 0 saturated carbocycles. The number of benzene rings is 7. The zero-order valence-electron chi connectivity index (χ0n) is 29.4. The number of thiophene rings is 1. The van der Waals surface area contributed by atoms with Gasteiger partial charge in [0.25, 0.3) is 0 Å². The monoisotopic (exact) mass is 722 g/mol. The third-order valence-electron chi connectivity index (χ3n) is 9.60. The lowest BCUT2D eigenvalue weighted by molar-refractivity contribution is 1.08. The summed E-state index contributed by atoms with van der Waals surface area (Å²) in [5, 5.41) is 2.17. The number of fused-ring (bicyclic) bond motifs is 3. The molecule has 0 amide bonds. The van der Waals surface area contributed by atoms with Crippen LogP contribution in [0.5, 0.6) is 0 Å². The maximum Gasteiger partial charge on any atom is 0.165 e. The first kappa shape index (κ1) is 32.4. The van der Waals surface area contributed by atoms with E-state index in [1.165, 1.54) is 0 Å². The number of rotatable bonds is 7. The Morgan fingerprint density at radius 1 is 0.291 bits per heavy atom.